The molecule has 1 fully saturated rings. The minimum Gasteiger partial charge on any atom is -0.356 e. The molecule has 0 aliphatic carbocycles. The molecule has 18 heavy (non-hydrogen) atoms. The van der Waals surface area contributed by atoms with Gasteiger partial charge in [-0.1, -0.05) is 12.1 Å². The summed E-state index contributed by atoms with van der Waals surface area (Å²) in [6, 6.07) is 4.60. The van der Waals surface area contributed by atoms with E-state index in [0.29, 0.717) is 11.5 Å². The Hall–Kier alpha value is -1.42. The molecule has 2 heterocycles. The largest absolute Gasteiger partial charge is 0.356 e. The smallest absolute Gasteiger partial charge is 0.167 e. The quantitative estimate of drug-likeness (QED) is 0.817. The number of halogens is 1. The van der Waals surface area contributed by atoms with Gasteiger partial charge in [0, 0.05) is 11.3 Å². The summed E-state index contributed by atoms with van der Waals surface area (Å²) in [6.07, 6.45) is 2.15. The molecule has 0 N–H and O–H groups in total. The van der Waals surface area contributed by atoms with E-state index >= 15 is 0 Å². The molecular formula is C14H17FN2O. The topological polar surface area (TPSA) is 29.3 Å². The van der Waals surface area contributed by atoms with Crippen molar-refractivity contribution in [3.63, 3.8) is 0 Å². The molecule has 1 aliphatic heterocycles. The molecule has 1 saturated heterocycles. The van der Waals surface area contributed by atoms with E-state index in [2.05, 4.69) is 17.0 Å². The first-order valence-corrected chi connectivity index (χ1v) is 6.55. The van der Waals surface area contributed by atoms with Gasteiger partial charge in [-0.3, -0.25) is 0 Å². The average molecular weight is 248 g/mol. The van der Waals surface area contributed by atoms with E-state index in [1.54, 1.807) is 6.07 Å². The zero-order valence-corrected chi connectivity index (χ0v) is 10.5. The van der Waals surface area contributed by atoms with Crippen molar-refractivity contribution < 1.29 is 8.91 Å². The van der Waals surface area contributed by atoms with Crippen LogP contribution in [0.1, 0.15) is 31.4 Å². The van der Waals surface area contributed by atoms with E-state index < -0.39 is 0 Å². The number of rotatable bonds is 2. The standard InChI is InChI=1S/C14H17FN2O/c1-2-17-7-5-10(6-8-17)14-12-9-11(15)3-4-13(12)18-16-14/h3-4,9-10H,2,5-8H2,1H3. The van der Waals surface area contributed by atoms with Gasteiger partial charge in [-0.25, -0.2) is 4.39 Å². The Balaban J connectivity index is 1.88. The third-order valence-corrected chi connectivity index (χ3v) is 3.88. The van der Waals surface area contributed by atoms with Gasteiger partial charge in [-0.15, -0.1) is 0 Å². The molecule has 0 bridgehead atoms. The maximum Gasteiger partial charge on any atom is 0.167 e. The van der Waals surface area contributed by atoms with E-state index in [-0.39, 0.29) is 5.82 Å². The van der Waals surface area contributed by atoms with E-state index in [9.17, 15) is 4.39 Å². The highest BCUT2D eigenvalue weighted by atomic mass is 19.1. The summed E-state index contributed by atoms with van der Waals surface area (Å²) < 4.78 is 18.6. The van der Waals surface area contributed by atoms with Crippen LogP contribution in [-0.2, 0) is 0 Å². The minimum atomic E-state index is -0.224. The van der Waals surface area contributed by atoms with Crippen LogP contribution in [-0.4, -0.2) is 29.7 Å². The van der Waals surface area contributed by atoms with Crippen molar-refractivity contribution in [1.29, 1.82) is 0 Å². The Kier molecular flexibility index (Phi) is 3.04. The fraction of sp³-hybridized carbons (Fsp3) is 0.500. The number of piperidine rings is 1. The Morgan fingerprint density at radius 2 is 2.17 bits per heavy atom. The average Bonchev–Trinajstić information content (AvgIpc) is 2.82. The Morgan fingerprint density at radius 1 is 1.39 bits per heavy atom. The number of hydrogen-bond acceptors (Lipinski definition) is 3. The van der Waals surface area contributed by atoms with Gasteiger partial charge < -0.3 is 9.42 Å². The van der Waals surface area contributed by atoms with Crippen LogP contribution in [0.4, 0.5) is 4.39 Å². The van der Waals surface area contributed by atoms with Crippen molar-refractivity contribution in [2.24, 2.45) is 0 Å². The number of hydrogen-bond donors (Lipinski definition) is 0. The molecule has 3 rings (SSSR count). The number of nitrogens with zero attached hydrogens (tertiary/aromatic N) is 2. The Morgan fingerprint density at radius 3 is 2.89 bits per heavy atom. The van der Waals surface area contributed by atoms with Crippen molar-refractivity contribution in [2.45, 2.75) is 25.7 Å². The Labute approximate surface area is 106 Å². The van der Waals surface area contributed by atoms with Gasteiger partial charge in [0.2, 0.25) is 0 Å². The van der Waals surface area contributed by atoms with Crippen LogP contribution >= 0.6 is 0 Å². The van der Waals surface area contributed by atoms with Gasteiger partial charge in [0.15, 0.2) is 5.58 Å². The van der Waals surface area contributed by atoms with E-state index in [1.165, 1.54) is 12.1 Å². The third-order valence-electron chi connectivity index (χ3n) is 3.88. The van der Waals surface area contributed by atoms with Gasteiger partial charge in [0.25, 0.3) is 0 Å². The maximum atomic E-state index is 13.3. The van der Waals surface area contributed by atoms with Crippen molar-refractivity contribution in [3.05, 3.63) is 29.7 Å². The molecule has 3 nitrogen and oxygen atoms in total. The molecule has 0 amide bonds. The molecule has 1 aromatic carbocycles. The summed E-state index contributed by atoms with van der Waals surface area (Å²) in [7, 11) is 0. The minimum absolute atomic E-state index is 0.224. The van der Waals surface area contributed by atoms with Gasteiger partial charge >= 0.3 is 0 Å². The predicted octanol–water partition coefficient (Wildman–Crippen LogP) is 3.17. The van der Waals surface area contributed by atoms with Crippen molar-refractivity contribution in [2.75, 3.05) is 19.6 Å². The highest BCUT2D eigenvalue weighted by molar-refractivity contribution is 5.79. The third kappa shape index (κ3) is 2.01. The fourth-order valence-corrected chi connectivity index (χ4v) is 2.75. The van der Waals surface area contributed by atoms with Crippen LogP contribution in [0.3, 0.4) is 0 Å². The van der Waals surface area contributed by atoms with Crippen LogP contribution in [0.15, 0.2) is 22.7 Å². The highest BCUT2D eigenvalue weighted by Gasteiger charge is 2.24. The maximum absolute atomic E-state index is 13.3. The molecule has 0 saturated carbocycles. The summed E-state index contributed by atoms with van der Waals surface area (Å²) in [5.74, 6) is 0.175. The summed E-state index contributed by atoms with van der Waals surface area (Å²) in [6.45, 7) is 5.46. The highest BCUT2D eigenvalue weighted by Crippen LogP contribution is 2.32. The number of fused-ring (bicyclic) bond motifs is 1. The molecule has 96 valence electrons. The lowest BCUT2D eigenvalue weighted by molar-refractivity contribution is 0.219. The molecule has 0 spiro atoms. The van der Waals surface area contributed by atoms with Crippen molar-refractivity contribution in [1.82, 2.24) is 10.1 Å². The summed E-state index contributed by atoms with van der Waals surface area (Å²) in [5.41, 5.74) is 1.62. The summed E-state index contributed by atoms with van der Waals surface area (Å²) >= 11 is 0. The molecule has 0 radical (unpaired) electrons. The fourth-order valence-electron chi connectivity index (χ4n) is 2.75. The first-order valence-electron chi connectivity index (χ1n) is 6.55. The second-order valence-electron chi connectivity index (χ2n) is 4.92. The number of aromatic nitrogens is 1. The van der Waals surface area contributed by atoms with Crippen LogP contribution in [0.5, 0.6) is 0 Å². The monoisotopic (exact) mass is 248 g/mol. The van der Waals surface area contributed by atoms with Crippen LogP contribution in [0.25, 0.3) is 11.0 Å². The van der Waals surface area contributed by atoms with Crippen molar-refractivity contribution >= 4 is 11.0 Å². The lowest BCUT2D eigenvalue weighted by Gasteiger charge is -2.29. The molecular weight excluding hydrogens is 231 g/mol. The zero-order chi connectivity index (χ0) is 12.5. The molecule has 1 aromatic heterocycles. The normalized spacial score (nSPS) is 18.6. The molecule has 0 unspecified atom stereocenters. The van der Waals surface area contributed by atoms with Crippen LogP contribution in [0.2, 0.25) is 0 Å². The SMILES string of the molecule is CCN1CCC(c2noc3ccc(F)cc23)CC1. The van der Waals surface area contributed by atoms with Crippen LogP contribution in [0, 0.1) is 5.82 Å². The first kappa shape index (κ1) is 11.7. The van der Waals surface area contributed by atoms with Gasteiger partial charge in [-0.2, -0.15) is 0 Å². The van der Waals surface area contributed by atoms with Crippen molar-refractivity contribution in [3.8, 4) is 0 Å². The number of benzene rings is 1. The lowest BCUT2D eigenvalue weighted by Crippen LogP contribution is -2.32. The molecule has 2 aromatic rings. The second-order valence-corrected chi connectivity index (χ2v) is 4.92. The predicted molar refractivity (Wildman–Crippen MR) is 68.1 cm³/mol. The summed E-state index contributed by atoms with van der Waals surface area (Å²) in [5, 5.41) is 4.99. The van der Waals surface area contributed by atoms with E-state index in [1.807, 2.05) is 0 Å². The number of likely N-dealkylation sites (tertiary alicyclic amines) is 1. The molecule has 1 aliphatic rings. The van der Waals surface area contributed by atoms with Gasteiger partial charge in [0.1, 0.15) is 5.82 Å². The molecule has 4 heteroatoms. The van der Waals surface area contributed by atoms with Gasteiger partial charge in [-0.05, 0) is 50.7 Å². The van der Waals surface area contributed by atoms with Crippen LogP contribution < -0.4 is 0 Å². The lowest BCUT2D eigenvalue weighted by atomic mass is 9.91. The second kappa shape index (κ2) is 4.69. The summed E-state index contributed by atoms with van der Waals surface area (Å²) in [4.78, 5) is 2.43. The Bertz CT molecular complexity index is 544. The zero-order valence-electron chi connectivity index (χ0n) is 10.5. The first-order chi connectivity index (χ1) is 8.78. The van der Waals surface area contributed by atoms with E-state index in [0.717, 1.165) is 43.6 Å². The van der Waals surface area contributed by atoms with Gasteiger partial charge in [0.05, 0.1) is 5.69 Å². The van der Waals surface area contributed by atoms with E-state index in [4.69, 9.17) is 4.52 Å². The molecule has 0 atom stereocenters.